The average molecular weight is 227 g/mol. The molecule has 1 amide bonds. The average Bonchev–Trinajstić information content (AvgIpc) is 2.30. The fraction of sp³-hybridized carbons (Fsp3) is 0.444. The molecule has 1 aliphatic heterocycles. The first-order chi connectivity index (χ1) is 7.29. The van der Waals surface area contributed by atoms with Crippen LogP contribution in [0.3, 0.4) is 0 Å². The molecule has 6 heteroatoms. The Labute approximate surface area is 92.5 Å². The molecule has 0 radical (unpaired) electrons. The molecule has 2 rings (SSSR count). The van der Waals surface area contributed by atoms with E-state index in [9.17, 15) is 4.79 Å². The Morgan fingerprint density at radius 2 is 2.20 bits per heavy atom. The monoisotopic (exact) mass is 226 g/mol. The van der Waals surface area contributed by atoms with Crippen LogP contribution in [0.4, 0.5) is 0 Å². The van der Waals surface area contributed by atoms with E-state index in [2.05, 4.69) is 15.3 Å². The molecular weight excluding hydrogens is 216 g/mol. The summed E-state index contributed by atoms with van der Waals surface area (Å²) in [4.78, 5) is 21.3. The molecule has 0 saturated carbocycles. The second kappa shape index (κ2) is 4.55. The number of carbonyl (C=O) groups is 1. The van der Waals surface area contributed by atoms with Crippen molar-refractivity contribution in [3.05, 3.63) is 23.2 Å². The fourth-order valence-electron chi connectivity index (χ4n) is 1.49. The van der Waals surface area contributed by atoms with Crippen LogP contribution >= 0.6 is 11.6 Å². The van der Waals surface area contributed by atoms with Gasteiger partial charge in [0, 0.05) is 32.4 Å². The number of rotatable bonds is 1. The molecule has 0 aromatic carbocycles. The molecule has 1 aliphatic rings. The SMILES string of the molecule is O=C(c1ncncc1Cl)N1CCNCC1. The molecule has 1 saturated heterocycles. The zero-order chi connectivity index (χ0) is 10.7. The lowest BCUT2D eigenvalue weighted by Crippen LogP contribution is -2.46. The highest BCUT2D eigenvalue weighted by Crippen LogP contribution is 2.13. The molecule has 1 aromatic heterocycles. The van der Waals surface area contributed by atoms with Crippen molar-refractivity contribution in [1.82, 2.24) is 20.2 Å². The molecule has 1 N–H and O–H groups in total. The van der Waals surface area contributed by atoms with Gasteiger partial charge in [-0.2, -0.15) is 0 Å². The lowest BCUT2D eigenvalue weighted by atomic mass is 10.3. The molecule has 2 heterocycles. The summed E-state index contributed by atoms with van der Waals surface area (Å²) in [5, 5.41) is 3.48. The molecule has 5 nitrogen and oxygen atoms in total. The topological polar surface area (TPSA) is 58.1 Å². The Kier molecular flexibility index (Phi) is 3.13. The van der Waals surface area contributed by atoms with E-state index in [1.54, 1.807) is 4.90 Å². The van der Waals surface area contributed by atoms with E-state index in [4.69, 9.17) is 11.6 Å². The van der Waals surface area contributed by atoms with Crippen LogP contribution in [-0.4, -0.2) is 47.0 Å². The van der Waals surface area contributed by atoms with Gasteiger partial charge in [-0.25, -0.2) is 9.97 Å². The van der Waals surface area contributed by atoms with Crippen LogP contribution in [0.2, 0.25) is 5.02 Å². The van der Waals surface area contributed by atoms with Crippen molar-refractivity contribution in [1.29, 1.82) is 0 Å². The van der Waals surface area contributed by atoms with Crippen molar-refractivity contribution in [3.63, 3.8) is 0 Å². The number of carbonyl (C=O) groups excluding carboxylic acids is 1. The molecule has 0 atom stereocenters. The number of nitrogens with zero attached hydrogens (tertiary/aromatic N) is 3. The minimum absolute atomic E-state index is 0.121. The largest absolute Gasteiger partial charge is 0.335 e. The van der Waals surface area contributed by atoms with Crippen molar-refractivity contribution in [2.24, 2.45) is 0 Å². The van der Waals surface area contributed by atoms with Crippen molar-refractivity contribution in [2.45, 2.75) is 0 Å². The highest BCUT2D eigenvalue weighted by molar-refractivity contribution is 6.33. The molecule has 1 aromatic rings. The summed E-state index contributed by atoms with van der Waals surface area (Å²) in [5.74, 6) is -0.121. The summed E-state index contributed by atoms with van der Waals surface area (Å²) in [7, 11) is 0. The minimum Gasteiger partial charge on any atom is -0.335 e. The van der Waals surface area contributed by atoms with Crippen LogP contribution in [0, 0.1) is 0 Å². The quantitative estimate of drug-likeness (QED) is 0.742. The summed E-state index contributed by atoms with van der Waals surface area (Å²) < 4.78 is 0. The van der Waals surface area contributed by atoms with Gasteiger partial charge in [-0.3, -0.25) is 4.79 Å². The summed E-state index contributed by atoms with van der Waals surface area (Å²) in [6, 6.07) is 0. The third-order valence-electron chi connectivity index (χ3n) is 2.27. The predicted octanol–water partition coefficient (Wildman–Crippen LogP) is 0.175. The van der Waals surface area contributed by atoms with Crippen molar-refractivity contribution < 1.29 is 4.79 Å². The number of hydrogen-bond acceptors (Lipinski definition) is 4. The summed E-state index contributed by atoms with van der Waals surface area (Å²) in [5.41, 5.74) is 0.286. The van der Waals surface area contributed by atoms with Gasteiger partial charge in [0.05, 0.1) is 5.02 Å². The normalized spacial score (nSPS) is 16.5. The Balaban J connectivity index is 2.16. The Morgan fingerprint density at radius 1 is 1.47 bits per heavy atom. The van der Waals surface area contributed by atoms with Gasteiger partial charge >= 0.3 is 0 Å². The van der Waals surface area contributed by atoms with Gasteiger partial charge in [0.1, 0.15) is 12.0 Å². The van der Waals surface area contributed by atoms with Crippen LogP contribution in [0.15, 0.2) is 12.5 Å². The van der Waals surface area contributed by atoms with E-state index >= 15 is 0 Å². The highest BCUT2D eigenvalue weighted by Gasteiger charge is 2.21. The zero-order valence-electron chi connectivity index (χ0n) is 8.11. The van der Waals surface area contributed by atoms with E-state index in [1.807, 2.05) is 0 Å². The van der Waals surface area contributed by atoms with Crippen molar-refractivity contribution >= 4 is 17.5 Å². The molecular formula is C9H11ClN4O. The lowest BCUT2D eigenvalue weighted by molar-refractivity contribution is 0.0730. The molecule has 80 valence electrons. The highest BCUT2D eigenvalue weighted by atomic mass is 35.5. The van der Waals surface area contributed by atoms with E-state index in [-0.39, 0.29) is 11.6 Å². The second-order valence-corrected chi connectivity index (χ2v) is 3.67. The first-order valence-electron chi connectivity index (χ1n) is 4.74. The van der Waals surface area contributed by atoms with Gasteiger partial charge in [-0.05, 0) is 0 Å². The number of amides is 1. The number of hydrogen-bond donors (Lipinski definition) is 1. The molecule has 0 aliphatic carbocycles. The zero-order valence-corrected chi connectivity index (χ0v) is 8.87. The number of piperazine rings is 1. The van der Waals surface area contributed by atoms with Gasteiger partial charge in [0.25, 0.3) is 5.91 Å². The minimum atomic E-state index is -0.121. The summed E-state index contributed by atoms with van der Waals surface area (Å²) in [6.45, 7) is 3.02. The maximum atomic E-state index is 11.9. The van der Waals surface area contributed by atoms with Crippen LogP contribution < -0.4 is 5.32 Å². The fourth-order valence-corrected chi connectivity index (χ4v) is 1.67. The van der Waals surface area contributed by atoms with Gasteiger partial charge in [0.15, 0.2) is 0 Å². The van der Waals surface area contributed by atoms with Crippen molar-refractivity contribution in [3.8, 4) is 0 Å². The number of aromatic nitrogens is 2. The first kappa shape index (κ1) is 10.3. The molecule has 0 unspecified atom stereocenters. The van der Waals surface area contributed by atoms with Crippen LogP contribution in [0.1, 0.15) is 10.5 Å². The van der Waals surface area contributed by atoms with E-state index in [0.717, 1.165) is 13.1 Å². The van der Waals surface area contributed by atoms with Gasteiger partial charge in [-0.15, -0.1) is 0 Å². The maximum absolute atomic E-state index is 11.9. The Hall–Kier alpha value is -1.20. The second-order valence-electron chi connectivity index (χ2n) is 3.26. The third kappa shape index (κ3) is 2.24. The van der Waals surface area contributed by atoms with Crippen LogP contribution in [0.25, 0.3) is 0 Å². The van der Waals surface area contributed by atoms with Crippen LogP contribution in [-0.2, 0) is 0 Å². The summed E-state index contributed by atoms with van der Waals surface area (Å²) >= 11 is 5.85. The first-order valence-corrected chi connectivity index (χ1v) is 5.12. The van der Waals surface area contributed by atoms with Crippen LogP contribution in [0.5, 0.6) is 0 Å². The van der Waals surface area contributed by atoms with Gasteiger partial charge in [0.2, 0.25) is 0 Å². The lowest BCUT2D eigenvalue weighted by Gasteiger charge is -2.27. The maximum Gasteiger partial charge on any atom is 0.274 e. The standard InChI is InChI=1S/C9H11ClN4O/c10-7-5-12-6-13-8(7)9(15)14-3-1-11-2-4-14/h5-6,11H,1-4H2. The van der Waals surface area contributed by atoms with E-state index in [1.165, 1.54) is 12.5 Å². The molecule has 1 fully saturated rings. The van der Waals surface area contributed by atoms with Gasteiger partial charge < -0.3 is 10.2 Å². The Bertz CT molecular complexity index is 365. The third-order valence-corrected chi connectivity index (χ3v) is 2.55. The number of halogens is 1. The van der Waals surface area contributed by atoms with Crippen molar-refractivity contribution in [2.75, 3.05) is 26.2 Å². The molecule has 0 bridgehead atoms. The number of nitrogens with one attached hydrogen (secondary N) is 1. The summed E-state index contributed by atoms with van der Waals surface area (Å²) in [6.07, 6.45) is 2.77. The molecule has 15 heavy (non-hydrogen) atoms. The van der Waals surface area contributed by atoms with Gasteiger partial charge in [-0.1, -0.05) is 11.6 Å². The van der Waals surface area contributed by atoms with E-state index < -0.39 is 0 Å². The predicted molar refractivity (Wildman–Crippen MR) is 55.8 cm³/mol. The Morgan fingerprint density at radius 3 is 2.87 bits per heavy atom. The molecule has 0 spiro atoms. The van der Waals surface area contributed by atoms with E-state index in [0.29, 0.717) is 18.1 Å². The smallest absolute Gasteiger partial charge is 0.274 e.